The second-order valence-electron chi connectivity index (χ2n) is 6.09. The summed E-state index contributed by atoms with van der Waals surface area (Å²) in [6.07, 6.45) is 0. The van der Waals surface area contributed by atoms with Crippen LogP contribution in [0.5, 0.6) is 11.5 Å². The smallest absolute Gasteiger partial charge is 0.255 e. The summed E-state index contributed by atoms with van der Waals surface area (Å²) in [4.78, 5) is 12.3. The maximum absolute atomic E-state index is 12.3. The minimum atomic E-state index is -0.134. The van der Waals surface area contributed by atoms with E-state index in [0.717, 1.165) is 28.4 Å². The molecule has 0 radical (unpaired) electrons. The lowest BCUT2D eigenvalue weighted by Gasteiger charge is -2.13. The summed E-state index contributed by atoms with van der Waals surface area (Å²) in [7, 11) is 3.24. The predicted molar refractivity (Wildman–Crippen MR) is 108 cm³/mol. The van der Waals surface area contributed by atoms with Gasteiger partial charge in [-0.3, -0.25) is 4.79 Å². The Bertz CT molecular complexity index is 919. The van der Waals surface area contributed by atoms with Crippen molar-refractivity contribution >= 4 is 23.0 Å². The summed E-state index contributed by atoms with van der Waals surface area (Å²) in [6, 6.07) is 20.5. The van der Waals surface area contributed by atoms with Crippen LogP contribution in [0.4, 0.5) is 17.1 Å². The quantitative estimate of drug-likeness (QED) is 0.647. The largest absolute Gasteiger partial charge is 0.497 e. The molecule has 0 saturated heterocycles. The number of hydrogen-bond donors (Lipinski definition) is 2. The fourth-order valence-corrected chi connectivity index (χ4v) is 2.61. The van der Waals surface area contributed by atoms with Gasteiger partial charge in [-0.1, -0.05) is 17.7 Å². The highest BCUT2D eigenvalue weighted by Gasteiger charge is 2.07. The van der Waals surface area contributed by atoms with Gasteiger partial charge in [0.25, 0.3) is 5.91 Å². The van der Waals surface area contributed by atoms with Crippen LogP contribution in [0.15, 0.2) is 66.7 Å². The fourth-order valence-electron chi connectivity index (χ4n) is 2.61. The second kappa shape index (κ2) is 8.27. The van der Waals surface area contributed by atoms with Gasteiger partial charge in [0.15, 0.2) is 0 Å². The molecule has 0 aromatic heterocycles. The number of carbonyl (C=O) groups excluding carboxylic acids is 1. The van der Waals surface area contributed by atoms with Gasteiger partial charge in [-0.05, 0) is 55.5 Å². The number of ether oxygens (including phenoxy) is 2. The summed E-state index contributed by atoms with van der Waals surface area (Å²) < 4.78 is 10.6. The predicted octanol–water partition coefficient (Wildman–Crippen LogP) is 5.01. The number of rotatable bonds is 6. The van der Waals surface area contributed by atoms with E-state index in [-0.39, 0.29) is 5.91 Å². The Hall–Kier alpha value is -3.47. The van der Waals surface area contributed by atoms with Gasteiger partial charge in [-0.2, -0.15) is 0 Å². The standard InChI is InChI=1S/C22H22N2O3/c1-15-4-6-16(7-5-15)22(25)24-18-10-8-17(9-11-18)23-20-14-19(26-2)12-13-21(20)27-3/h4-14,23H,1-3H3,(H,24,25). The zero-order valence-electron chi connectivity index (χ0n) is 15.6. The van der Waals surface area contributed by atoms with E-state index in [0.29, 0.717) is 11.3 Å². The van der Waals surface area contributed by atoms with Gasteiger partial charge in [-0.15, -0.1) is 0 Å². The number of benzene rings is 3. The summed E-state index contributed by atoms with van der Waals surface area (Å²) in [5, 5.41) is 6.20. The molecule has 0 aliphatic rings. The first kappa shape index (κ1) is 18.3. The van der Waals surface area contributed by atoms with Crippen LogP contribution in [0, 0.1) is 6.92 Å². The molecule has 0 heterocycles. The molecule has 3 rings (SSSR count). The number of amides is 1. The molecule has 5 nitrogen and oxygen atoms in total. The van der Waals surface area contributed by atoms with E-state index in [1.807, 2.05) is 73.7 Å². The lowest BCUT2D eigenvalue weighted by Crippen LogP contribution is -2.11. The minimum Gasteiger partial charge on any atom is -0.497 e. The Morgan fingerprint density at radius 2 is 1.48 bits per heavy atom. The summed E-state index contributed by atoms with van der Waals surface area (Å²) in [5.74, 6) is 1.32. The van der Waals surface area contributed by atoms with Gasteiger partial charge in [0.1, 0.15) is 11.5 Å². The van der Waals surface area contributed by atoms with E-state index in [1.54, 1.807) is 14.2 Å². The zero-order chi connectivity index (χ0) is 19.2. The molecule has 3 aromatic rings. The Labute approximate surface area is 158 Å². The molecule has 0 atom stereocenters. The van der Waals surface area contributed by atoms with Gasteiger partial charge in [0, 0.05) is 23.0 Å². The third kappa shape index (κ3) is 4.58. The maximum atomic E-state index is 12.3. The van der Waals surface area contributed by atoms with Crippen molar-refractivity contribution in [3.8, 4) is 11.5 Å². The maximum Gasteiger partial charge on any atom is 0.255 e. The molecule has 0 aliphatic carbocycles. The van der Waals surface area contributed by atoms with Gasteiger partial charge in [0.05, 0.1) is 19.9 Å². The monoisotopic (exact) mass is 362 g/mol. The molecular weight excluding hydrogens is 340 g/mol. The van der Waals surface area contributed by atoms with Crippen molar-refractivity contribution in [2.45, 2.75) is 6.92 Å². The average Bonchev–Trinajstić information content (AvgIpc) is 2.70. The molecule has 3 aromatic carbocycles. The molecule has 0 saturated carbocycles. The SMILES string of the molecule is COc1ccc(OC)c(Nc2ccc(NC(=O)c3ccc(C)cc3)cc2)c1. The summed E-state index contributed by atoms with van der Waals surface area (Å²) in [5.41, 5.74) is 4.14. The summed E-state index contributed by atoms with van der Waals surface area (Å²) in [6.45, 7) is 1.99. The van der Waals surface area contributed by atoms with Crippen LogP contribution >= 0.6 is 0 Å². The normalized spacial score (nSPS) is 10.2. The first-order valence-corrected chi connectivity index (χ1v) is 8.56. The number of aryl methyl sites for hydroxylation is 1. The van der Waals surface area contributed by atoms with Crippen LogP contribution < -0.4 is 20.1 Å². The average molecular weight is 362 g/mol. The second-order valence-corrected chi connectivity index (χ2v) is 6.09. The highest BCUT2D eigenvalue weighted by molar-refractivity contribution is 6.04. The summed E-state index contributed by atoms with van der Waals surface area (Å²) >= 11 is 0. The number of anilines is 3. The Morgan fingerprint density at radius 3 is 2.11 bits per heavy atom. The van der Waals surface area contributed by atoms with Gasteiger partial charge < -0.3 is 20.1 Å². The molecular formula is C22H22N2O3. The van der Waals surface area contributed by atoms with E-state index in [9.17, 15) is 4.79 Å². The van der Waals surface area contributed by atoms with Crippen molar-refractivity contribution in [1.82, 2.24) is 0 Å². The molecule has 5 heteroatoms. The third-order valence-corrected chi connectivity index (χ3v) is 4.14. The fraction of sp³-hybridized carbons (Fsp3) is 0.136. The number of hydrogen-bond acceptors (Lipinski definition) is 4. The number of methoxy groups -OCH3 is 2. The Balaban J connectivity index is 1.70. The van der Waals surface area contributed by atoms with E-state index in [4.69, 9.17) is 9.47 Å². The highest BCUT2D eigenvalue weighted by Crippen LogP contribution is 2.31. The number of nitrogens with one attached hydrogen (secondary N) is 2. The van der Waals surface area contributed by atoms with Gasteiger partial charge in [0.2, 0.25) is 0 Å². The van der Waals surface area contributed by atoms with Crippen molar-refractivity contribution < 1.29 is 14.3 Å². The molecule has 0 unspecified atom stereocenters. The molecule has 0 spiro atoms. The molecule has 1 amide bonds. The van der Waals surface area contributed by atoms with E-state index < -0.39 is 0 Å². The van der Waals surface area contributed by atoms with Crippen molar-refractivity contribution in [2.75, 3.05) is 24.9 Å². The first-order valence-electron chi connectivity index (χ1n) is 8.56. The van der Waals surface area contributed by atoms with E-state index in [2.05, 4.69) is 10.6 Å². The van der Waals surface area contributed by atoms with Crippen LogP contribution in [0.3, 0.4) is 0 Å². The molecule has 0 aliphatic heterocycles. The first-order chi connectivity index (χ1) is 13.1. The van der Waals surface area contributed by atoms with Gasteiger partial charge >= 0.3 is 0 Å². The molecule has 138 valence electrons. The van der Waals surface area contributed by atoms with Crippen LogP contribution in [-0.4, -0.2) is 20.1 Å². The lowest BCUT2D eigenvalue weighted by atomic mass is 10.1. The Kier molecular flexibility index (Phi) is 5.61. The van der Waals surface area contributed by atoms with Crippen molar-refractivity contribution in [1.29, 1.82) is 0 Å². The van der Waals surface area contributed by atoms with Crippen LogP contribution in [0.25, 0.3) is 0 Å². The topological polar surface area (TPSA) is 59.6 Å². The van der Waals surface area contributed by atoms with Crippen molar-refractivity contribution in [3.05, 3.63) is 77.9 Å². The van der Waals surface area contributed by atoms with Crippen LogP contribution in [0.2, 0.25) is 0 Å². The molecule has 0 fully saturated rings. The van der Waals surface area contributed by atoms with Crippen molar-refractivity contribution in [3.63, 3.8) is 0 Å². The Morgan fingerprint density at radius 1 is 0.815 bits per heavy atom. The van der Waals surface area contributed by atoms with E-state index in [1.165, 1.54) is 0 Å². The minimum absolute atomic E-state index is 0.134. The molecule has 2 N–H and O–H groups in total. The molecule has 0 bridgehead atoms. The van der Waals surface area contributed by atoms with Gasteiger partial charge in [-0.25, -0.2) is 0 Å². The zero-order valence-corrected chi connectivity index (χ0v) is 15.6. The van der Waals surface area contributed by atoms with Crippen molar-refractivity contribution in [2.24, 2.45) is 0 Å². The third-order valence-electron chi connectivity index (χ3n) is 4.14. The van der Waals surface area contributed by atoms with Crippen LogP contribution in [-0.2, 0) is 0 Å². The van der Waals surface area contributed by atoms with E-state index >= 15 is 0 Å². The number of carbonyl (C=O) groups is 1. The molecule has 27 heavy (non-hydrogen) atoms. The van der Waals surface area contributed by atoms with Crippen LogP contribution in [0.1, 0.15) is 15.9 Å². The lowest BCUT2D eigenvalue weighted by molar-refractivity contribution is 0.102. The highest BCUT2D eigenvalue weighted by atomic mass is 16.5.